The van der Waals surface area contributed by atoms with Gasteiger partial charge in [0.2, 0.25) is 0 Å². The zero-order valence-corrected chi connectivity index (χ0v) is 64.2. The van der Waals surface area contributed by atoms with Gasteiger partial charge in [0.25, 0.3) is 0 Å². The summed E-state index contributed by atoms with van der Waals surface area (Å²) < 4.78 is 0. The average molecular weight is 1360 g/mol. The smallest absolute Gasteiger partial charge is 0.0619 e. The van der Waals surface area contributed by atoms with Crippen LogP contribution >= 0.6 is 0 Å². The first kappa shape index (κ1) is 76.7. The Balaban J connectivity index is 0.000000219. The Morgan fingerprint density at radius 2 is 0.255 bits per heavy atom. The van der Waals surface area contributed by atoms with Gasteiger partial charge in [0.15, 0.2) is 29.4 Å². The summed E-state index contributed by atoms with van der Waals surface area (Å²) in [4.78, 5) is 8.84. The average Bonchev–Trinajstić information content (AvgIpc) is 0.824. The molecule has 98 heavy (non-hydrogen) atoms. The van der Waals surface area contributed by atoms with Crippen molar-refractivity contribution in [1.82, 2.24) is 0 Å². The van der Waals surface area contributed by atoms with Gasteiger partial charge in [-0.3, -0.25) is 0 Å². The molecular weight excluding hydrogens is 1220 g/mol. The van der Waals surface area contributed by atoms with Crippen LogP contribution in [0, 0.1) is 0 Å². The largest absolute Gasteiger partial charge is 0.166 e. The van der Waals surface area contributed by atoms with Gasteiger partial charge in [-0.1, -0.05) is 368 Å². The second-order valence-electron chi connectivity index (χ2n) is 32.1. The third-order valence-electron chi connectivity index (χ3n) is 24.4. The Kier molecular flexibility index (Phi) is 36.4. The van der Waals surface area contributed by atoms with Crippen molar-refractivity contribution in [2.45, 2.75) is 412 Å². The number of hydrogen-bond donors (Lipinski definition) is 0. The summed E-state index contributed by atoms with van der Waals surface area (Å²) in [5.74, 6) is 3.65. The third kappa shape index (κ3) is 27.0. The molecule has 0 radical (unpaired) electrons. The highest BCUT2D eigenvalue weighted by molar-refractivity contribution is 7.97. The maximum Gasteiger partial charge on any atom is 0.166 e. The summed E-state index contributed by atoms with van der Waals surface area (Å²) in [6, 6.07) is 61.6. The van der Waals surface area contributed by atoms with Crippen LogP contribution in [0.1, 0.15) is 411 Å². The molecule has 11 rings (SSSR count). The Bertz CT molecular complexity index is 2630. The molecule has 5 aliphatic rings. The van der Waals surface area contributed by atoms with Gasteiger partial charge in [-0.2, -0.15) is 0 Å². The van der Waals surface area contributed by atoms with Crippen LogP contribution in [-0.4, -0.2) is 0 Å². The fraction of sp³-hybridized carbons (Fsp3) is 0.625. The molecule has 0 amide bonds. The van der Waals surface area contributed by atoms with E-state index >= 15 is 0 Å². The van der Waals surface area contributed by atoms with Gasteiger partial charge in [-0.15, -0.1) is 0 Å². The van der Waals surface area contributed by atoms with Crippen molar-refractivity contribution in [2.75, 3.05) is 0 Å². The van der Waals surface area contributed by atoms with E-state index in [9.17, 15) is 0 Å². The fourth-order valence-electron chi connectivity index (χ4n) is 18.2. The van der Waals surface area contributed by atoms with Crippen LogP contribution in [0.15, 0.2) is 181 Å². The first-order valence-corrected chi connectivity index (χ1v) is 45.2. The van der Waals surface area contributed by atoms with E-state index < -0.39 is 0 Å². The zero-order chi connectivity index (χ0) is 67.0. The van der Waals surface area contributed by atoms with E-state index in [4.69, 9.17) is 0 Å². The standard InChI is InChI=1S/C54H81S.C42H59S/c1-4-10-16-22-28-46(29-23-17-11-5-1)49-34-40-52(41-35-49)55(53-42-36-50(37-43-53)47-30-24-18-12-6-2-7-13-19-25-31-47)54-44-38-51(39-45-54)48-32-26-20-14-8-3-9-15-21-27-33-48;1-3-7-11-16-22-36(23-17-12-8-4-1)38-28-32-41(33-29-38)43(40-26-20-15-21-27-40)42-34-30-39(31-35-42)37-24-18-13-9-5-2-6-10-14-19-25-37/h34-48H,1-33H2;15,20-21,26-37H,1-14,16-19,22-25H2/q2*+1. The number of benzene rings is 6. The van der Waals surface area contributed by atoms with E-state index in [2.05, 4.69) is 152 Å². The second kappa shape index (κ2) is 46.6. The first-order valence-electron chi connectivity index (χ1n) is 42.8. The molecule has 0 N–H and O–H groups in total. The lowest BCUT2D eigenvalue weighted by molar-refractivity contribution is 0.467. The van der Waals surface area contributed by atoms with Gasteiger partial charge < -0.3 is 0 Å². The van der Waals surface area contributed by atoms with E-state index in [0.717, 1.165) is 29.6 Å². The van der Waals surface area contributed by atoms with E-state index in [1.54, 1.807) is 27.8 Å². The third-order valence-corrected chi connectivity index (χ3v) is 28.9. The lowest BCUT2D eigenvalue weighted by Gasteiger charge is -2.20. The molecule has 0 saturated heterocycles. The Morgan fingerprint density at radius 1 is 0.133 bits per heavy atom. The van der Waals surface area contributed by atoms with Crippen molar-refractivity contribution in [2.24, 2.45) is 0 Å². The van der Waals surface area contributed by atoms with Crippen molar-refractivity contribution in [1.29, 1.82) is 0 Å². The van der Waals surface area contributed by atoms with E-state index in [-0.39, 0.29) is 21.8 Å². The molecule has 0 atom stereocenters. The van der Waals surface area contributed by atoms with Crippen LogP contribution in [0.4, 0.5) is 0 Å². The molecule has 6 aromatic carbocycles. The minimum absolute atomic E-state index is 0.0720. The molecule has 0 nitrogen and oxygen atoms in total. The van der Waals surface area contributed by atoms with Gasteiger partial charge in [-0.05, 0) is 194 Å². The maximum atomic E-state index is 2.55. The van der Waals surface area contributed by atoms with Gasteiger partial charge in [-0.25, -0.2) is 0 Å². The van der Waals surface area contributed by atoms with E-state index in [1.807, 2.05) is 0 Å². The van der Waals surface area contributed by atoms with Crippen LogP contribution < -0.4 is 0 Å². The van der Waals surface area contributed by atoms with Crippen molar-refractivity contribution < 1.29 is 0 Å². The van der Waals surface area contributed by atoms with Crippen LogP contribution in [0.25, 0.3) is 0 Å². The normalized spacial score (nSPS) is 20.8. The summed E-state index contributed by atoms with van der Waals surface area (Å²) >= 11 is 0. The Hall–Kier alpha value is -3.98. The first-order chi connectivity index (χ1) is 48.7. The minimum Gasteiger partial charge on any atom is -0.0619 e. The van der Waals surface area contributed by atoms with Gasteiger partial charge in [0.1, 0.15) is 0 Å². The van der Waals surface area contributed by atoms with Crippen molar-refractivity contribution in [3.8, 4) is 0 Å². The summed E-state index contributed by atoms with van der Waals surface area (Å²) in [5, 5.41) is 0. The summed E-state index contributed by atoms with van der Waals surface area (Å²) in [6.07, 6.45) is 78.0. The quantitative estimate of drug-likeness (QED) is 0.113. The minimum atomic E-state index is -0.101. The molecule has 0 aromatic heterocycles. The van der Waals surface area contributed by atoms with E-state index in [0.29, 0.717) is 0 Å². The lowest BCUT2D eigenvalue weighted by atomic mass is 9.87. The summed E-state index contributed by atoms with van der Waals surface area (Å²) in [6.45, 7) is 0. The highest BCUT2D eigenvalue weighted by atomic mass is 32.2. The highest BCUT2D eigenvalue weighted by Crippen LogP contribution is 2.41. The monoisotopic (exact) mass is 1360 g/mol. The summed E-state index contributed by atoms with van der Waals surface area (Å²) in [7, 11) is -0.173. The molecule has 0 heterocycles. The molecule has 0 aliphatic heterocycles. The van der Waals surface area contributed by atoms with Crippen LogP contribution in [-0.2, 0) is 21.8 Å². The van der Waals surface area contributed by atoms with Gasteiger partial charge in [0, 0.05) is 0 Å². The fourth-order valence-corrected chi connectivity index (χ4v) is 22.3. The molecule has 0 bridgehead atoms. The number of hydrogen-bond acceptors (Lipinski definition) is 0. The molecule has 534 valence electrons. The molecule has 6 aromatic rings. The second-order valence-corrected chi connectivity index (χ2v) is 36.1. The van der Waals surface area contributed by atoms with Crippen LogP contribution in [0.2, 0.25) is 0 Å². The van der Waals surface area contributed by atoms with Gasteiger partial charge >= 0.3 is 0 Å². The predicted molar refractivity (Wildman–Crippen MR) is 431 cm³/mol. The van der Waals surface area contributed by atoms with Crippen molar-refractivity contribution in [3.05, 3.63) is 179 Å². The maximum absolute atomic E-state index is 2.55. The molecular formula is C96H140S2+2. The van der Waals surface area contributed by atoms with E-state index in [1.165, 1.54) is 383 Å². The Morgan fingerprint density at radius 3 is 0.398 bits per heavy atom. The molecule has 5 fully saturated rings. The van der Waals surface area contributed by atoms with Crippen molar-refractivity contribution in [3.63, 3.8) is 0 Å². The van der Waals surface area contributed by atoms with Crippen LogP contribution in [0.5, 0.6) is 0 Å². The summed E-state index contributed by atoms with van der Waals surface area (Å²) in [5.41, 5.74) is 7.95. The predicted octanol–water partition coefficient (Wildman–Crippen LogP) is 31.5. The van der Waals surface area contributed by atoms with Gasteiger partial charge in [0.05, 0.1) is 21.8 Å². The molecule has 2 heteroatoms. The zero-order valence-electron chi connectivity index (χ0n) is 62.5. The van der Waals surface area contributed by atoms with Crippen molar-refractivity contribution >= 4 is 21.8 Å². The molecule has 0 spiro atoms. The topological polar surface area (TPSA) is 0 Å². The molecule has 0 unspecified atom stereocenters. The molecule has 5 saturated carbocycles. The number of rotatable bonds is 11. The highest BCUT2D eigenvalue weighted by Gasteiger charge is 2.32. The Labute approximate surface area is 609 Å². The SMILES string of the molecule is c1cc([S+](c2ccc(C3CCCCCCCCCCC3)cc2)c2ccc(C3CCCCCCCCCCC3)cc2)ccc1C1CCCCCCCCCCC1.c1ccc([S+](c2ccc(C3CCCCCCCCCCC3)cc2)c2ccc(C3CCCCCCCCCCC3)cc2)cc1. The lowest BCUT2D eigenvalue weighted by Crippen LogP contribution is -2.08. The molecule has 5 aliphatic carbocycles. The van der Waals surface area contributed by atoms with Crippen LogP contribution in [0.3, 0.4) is 0 Å².